The third-order valence-electron chi connectivity index (χ3n) is 5.31. The third kappa shape index (κ3) is 4.43. The topological polar surface area (TPSA) is 23.5 Å². The van der Waals surface area contributed by atoms with Crippen molar-refractivity contribution in [3.8, 4) is 0 Å². The van der Waals surface area contributed by atoms with Gasteiger partial charge in [-0.1, -0.05) is 38.5 Å². The van der Waals surface area contributed by atoms with Gasteiger partial charge in [0.15, 0.2) is 0 Å². The second-order valence-electron chi connectivity index (χ2n) is 7.27. The number of aliphatic hydroxyl groups is 1. The molecule has 2 rings (SSSR count). The van der Waals surface area contributed by atoms with Crippen molar-refractivity contribution in [1.29, 1.82) is 0 Å². The normalized spacial score (nSPS) is 32.2. The van der Waals surface area contributed by atoms with Gasteiger partial charge in [0.1, 0.15) is 0 Å². The summed E-state index contributed by atoms with van der Waals surface area (Å²) in [6.07, 6.45) is 10.4. The molecule has 4 atom stereocenters. The van der Waals surface area contributed by atoms with Crippen LogP contribution in [0.15, 0.2) is 23.3 Å². The average molecular weight is 291 g/mol. The van der Waals surface area contributed by atoms with Crippen molar-refractivity contribution < 1.29 is 5.11 Å². The molecular formula is C19H33NO. The van der Waals surface area contributed by atoms with Gasteiger partial charge in [0.05, 0.1) is 6.10 Å². The number of rotatable bonds is 5. The van der Waals surface area contributed by atoms with Crippen molar-refractivity contribution in [1.82, 2.24) is 4.90 Å². The van der Waals surface area contributed by atoms with Crippen molar-refractivity contribution in [2.45, 2.75) is 71.9 Å². The lowest BCUT2D eigenvalue weighted by atomic mass is 9.86. The van der Waals surface area contributed by atoms with E-state index in [4.69, 9.17) is 0 Å². The van der Waals surface area contributed by atoms with Gasteiger partial charge in [-0.2, -0.15) is 0 Å². The molecule has 0 spiro atoms. The fourth-order valence-electron chi connectivity index (χ4n) is 3.99. The molecule has 0 aromatic heterocycles. The molecule has 120 valence electrons. The van der Waals surface area contributed by atoms with Gasteiger partial charge >= 0.3 is 0 Å². The van der Waals surface area contributed by atoms with Crippen LogP contribution in [0.3, 0.4) is 0 Å². The Morgan fingerprint density at radius 1 is 1.48 bits per heavy atom. The predicted octanol–water partition coefficient (Wildman–Crippen LogP) is 4.16. The van der Waals surface area contributed by atoms with E-state index in [2.05, 4.69) is 30.9 Å². The number of allylic oxidation sites excluding steroid dienone is 2. The highest BCUT2D eigenvalue weighted by Crippen LogP contribution is 2.34. The van der Waals surface area contributed by atoms with Gasteiger partial charge in [-0.15, -0.1) is 0 Å². The summed E-state index contributed by atoms with van der Waals surface area (Å²) in [6.45, 7) is 11.3. The van der Waals surface area contributed by atoms with E-state index in [1.54, 1.807) is 5.57 Å². The molecule has 2 nitrogen and oxygen atoms in total. The third-order valence-corrected chi connectivity index (χ3v) is 5.31. The first-order valence-corrected chi connectivity index (χ1v) is 8.79. The summed E-state index contributed by atoms with van der Waals surface area (Å²) in [7, 11) is 0. The number of hydrogen-bond donors (Lipinski definition) is 1. The minimum absolute atomic E-state index is 0.259. The molecular weight excluding hydrogens is 258 g/mol. The summed E-state index contributed by atoms with van der Waals surface area (Å²) in [5.74, 6) is 1.39. The first-order chi connectivity index (χ1) is 10.0. The largest absolute Gasteiger partial charge is 0.389 e. The molecule has 21 heavy (non-hydrogen) atoms. The number of hydrogen-bond acceptors (Lipinski definition) is 2. The second kappa shape index (κ2) is 7.60. The summed E-state index contributed by atoms with van der Waals surface area (Å²) in [5, 5.41) is 9.81. The summed E-state index contributed by atoms with van der Waals surface area (Å²) in [6, 6.07) is 0.847. The second-order valence-corrected chi connectivity index (χ2v) is 7.27. The monoisotopic (exact) mass is 291 g/mol. The molecule has 0 bridgehead atoms. The molecule has 2 aliphatic rings. The van der Waals surface area contributed by atoms with Gasteiger partial charge < -0.3 is 5.11 Å². The summed E-state index contributed by atoms with van der Waals surface area (Å²) in [5.41, 5.74) is 2.76. The van der Waals surface area contributed by atoms with Gasteiger partial charge in [0.25, 0.3) is 0 Å². The molecule has 0 aliphatic carbocycles. The minimum Gasteiger partial charge on any atom is -0.389 e. The van der Waals surface area contributed by atoms with Crippen LogP contribution in [0.2, 0.25) is 0 Å². The average Bonchev–Trinajstić information content (AvgIpc) is 2.92. The molecule has 0 aromatic rings. The maximum Gasteiger partial charge on any atom is 0.0744 e. The van der Waals surface area contributed by atoms with Crippen molar-refractivity contribution in [2.75, 3.05) is 13.1 Å². The van der Waals surface area contributed by atoms with E-state index < -0.39 is 0 Å². The highest BCUT2D eigenvalue weighted by molar-refractivity contribution is 5.14. The Labute approximate surface area is 130 Å². The van der Waals surface area contributed by atoms with Crippen molar-refractivity contribution in [2.24, 2.45) is 11.8 Å². The standard InChI is InChI=1S/C19H33NO/c1-5-19(21)15(3)9-8-14(2)11-17-12-16(4)18-7-6-10-20(18)13-17/h9,11,14,16,18-19,21H,5-8,10,12-13H2,1-4H3/b15-9+,17-11-. The first-order valence-electron chi connectivity index (χ1n) is 8.79. The zero-order valence-electron chi connectivity index (χ0n) is 14.3. The molecule has 0 amide bonds. The Hall–Kier alpha value is -0.600. The highest BCUT2D eigenvalue weighted by Gasteiger charge is 2.33. The Kier molecular flexibility index (Phi) is 6.07. The van der Waals surface area contributed by atoms with Crippen LogP contribution in [0.4, 0.5) is 0 Å². The Bertz CT molecular complexity index is 398. The van der Waals surface area contributed by atoms with E-state index in [9.17, 15) is 5.11 Å². The van der Waals surface area contributed by atoms with Gasteiger partial charge in [-0.25, -0.2) is 0 Å². The van der Waals surface area contributed by atoms with Gasteiger partial charge in [-0.3, -0.25) is 4.90 Å². The highest BCUT2D eigenvalue weighted by atomic mass is 16.3. The zero-order valence-corrected chi connectivity index (χ0v) is 14.3. The summed E-state index contributed by atoms with van der Waals surface area (Å²) in [4.78, 5) is 2.69. The maximum atomic E-state index is 9.81. The molecule has 2 fully saturated rings. The lowest BCUT2D eigenvalue weighted by Gasteiger charge is -2.36. The van der Waals surface area contributed by atoms with Crippen molar-refractivity contribution >= 4 is 0 Å². The van der Waals surface area contributed by atoms with E-state index in [0.717, 1.165) is 30.4 Å². The molecule has 0 radical (unpaired) electrons. The van der Waals surface area contributed by atoms with E-state index in [1.165, 1.54) is 32.4 Å². The fraction of sp³-hybridized carbons (Fsp3) is 0.789. The van der Waals surface area contributed by atoms with E-state index in [0.29, 0.717) is 5.92 Å². The van der Waals surface area contributed by atoms with E-state index >= 15 is 0 Å². The van der Waals surface area contributed by atoms with Crippen LogP contribution < -0.4 is 0 Å². The Balaban J connectivity index is 1.90. The summed E-state index contributed by atoms with van der Waals surface area (Å²) < 4.78 is 0. The lowest BCUT2D eigenvalue weighted by Crippen LogP contribution is -2.40. The van der Waals surface area contributed by atoms with E-state index in [1.807, 2.05) is 13.8 Å². The van der Waals surface area contributed by atoms with Crippen LogP contribution in [0.25, 0.3) is 0 Å². The van der Waals surface area contributed by atoms with Crippen molar-refractivity contribution in [3.63, 3.8) is 0 Å². The molecule has 2 heterocycles. The van der Waals surface area contributed by atoms with Crippen molar-refractivity contribution in [3.05, 3.63) is 23.3 Å². The van der Waals surface area contributed by atoms with Crippen LogP contribution in [-0.4, -0.2) is 35.2 Å². The lowest BCUT2D eigenvalue weighted by molar-refractivity contribution is 0.178. The van der Waals surface area contributed by atoms with Crippen LogP contribution in [0.5, 0.6) is 0 Å². The van der Waals surface area contributed by atoms with Crippen LogP contribution in [-0.2, 0) is 0 Å². The molecule has 2 aliphatic heterocycles. The van der Waals surface area contributed by atoms with E-state index in [-0.39, 0.29) is 6.10 Å². The first kappa shape index (κ1) is 16.8. The maximum absolute atomic E-state index is 9.81. The zero-order chi connectivity index (χ0) is 15.4. The van der Waals surface area contributed by atoms with Gasteiger partial charge in [0.2, 0.25) is 0 Å². The summed E-state index contributed by atoms with van der Waals surface area (Å²) >= 11 is 0. The van der Waals surface area contributed by atoms with Gasteiger partial charge in [0, 0.05) is 12.6 Å². The molecule has 2 saturated heterocycles. The smallest absolute Gasteiger partial charge is 0.0744 e. The predicted molar refractivity (Wildman–Crippen MR) is 90.3 cm³/mol. The number of nitrogens with zero attached hydrogens (tertiary/aromatic N) is 1. The molecule has 4 unspecified atom stereocenters. The number of fused-ring (bicyclic) bond motifs is 1. The number of aliphatic hydroxyl groups excluding tert-OH is 1. The fourth-order valence-corrected chi connectivity index (χ4v) is 3.99. The number of piperidine rings is 1. The molecule has 0 aromatic carbocycles. The SMILES string of the molecule is CCC(O)/C(C)=C/CC(C)/C=C1/CC(C)C2CCCN2C1. The molecule has 1 N–H and O–H groups in total. The minimum atomic E-state index is -0.259. The van der Waals surface area contributed by atoms with Crippen LogP contribution in [0, 0.1) is 11.8 Å². The Morgan fingerprint density at radius 3 is 2.95 bits per heavy atom. The van der Waals surface area contributed by atoms with Crippen LogP contribution in [0.1, 0.15) is 59.8 Å². The van der Waals surface area contributed by atoms with Crippen LogP contribution >= 0.6 is 0 Å². The molecule has 2 heteroatoms. The Morgan fingerprint density at radius 2 is 2.24 bits per heavy atom. The van der Waals surface area contributed by atoms with Gasteiger partial charge in [-0.05, 0) is 63.0 Å². The quantitative estimate of drug-likeness (QED) is 0.769. The molecule has 0 saturated carbocycles.